The van der Waals surface area contributed by atoms with Crippen molar-refractivity contribution in [2.45, 2.75) is 19.4 Å². The van der Waals surface area contributed by atoms with Crippen molar-refractivity contribution in [3.8, 4) is 0 Å². The molecule has 4 nitrogen and oxygen atoms in total. The third-order valence-corrected chi connectivity index (χ3v) is 2.07. The zero-order valence-corrected chi connectivity index (χ0v) is 7.43. The van der Waals surface area contributed by atoms with Gasteiger partial charge in [0.05, 0.1) is 0 Å². The Hall–Kier alpha value is -1.10. The molecule has 0 aromatic carbocycles. The maximum atomic E-state index is 5.06. The summed E-state index contributed by atoms with van der Waals surface area (Å²) >= 11 is 5.06. The highest BCUT2D eigenvalue weighted by Crippen LogP contribution is 2.09. The van der Waals surface area contributed by atoms with Crippen LogP contribution in [-0.2, 0) is 0 Å². The van der Waals surface area contributed by atoms with Gasteiger partial charge in [-0.05, 0) is 0 Å². The molecule has 1 unspecified atom stereocenters. The molecule has 0 saturated heterocycles. The van der Waals surface area contributed by atoms with E-state index in [9.17, 15) is 0 Å². The molecule has 2 aliphatic rings. The van der Waals surface area contributed by atoms with Crippen LogP contribution < -0.4 is 5.32 Å². The largest absolute Gasteiger partial charge is 0.330 e. The van der Waals surface area contributed by atoms with Crippen LogP contribution in [-0.4, -0.2) is 29.0 Å². The molecular weight excluding hydrogens is 172 g/mol. The van der Waals surface area contributed by atoms with Gasteiger partial charge in [0, 0.05) is 6.42 Å². The minimum atomic E-state index is -0.129. The van der Waals surface area contributed by atoms with Crippen molar-refractivity contribution in [3.05, 3.63) is 0 Å². The maximum absolute atomic E-state index is 5.06. The molecule has 2 rings (SSSR count). The number of hydrogen-bond donors (Lipinski definition) is 1. The van der Waals surface area contributed by atoms with Crippen LogP contribution in [0.15, 0.2) is 15.0 Å². The molecule has 0 radical (unpaired) electrons. The Bertz CT molecular complexity index is 315. The molecule has 0 aliphatic carbocycles. The predicted molar refractivity (Wildman–Crippen MR) is 53.2 cm³/mol. The topological polar surface area (TPSA) is 49.1 Å². The molecule has 0 saturated carbocycles. The number of nitrogens with zero attached hydrogens (tertiary/aromatic N) is 3. The van der Waals surface area contributed by atoms with Crippen molar-refractivity contribution >= 4 is 35.2 Å². The molecule has 62 valence electrons. The van der Waals surface area contributed by atoms with Gasteiger partial charge in [0.25, 0.3) is 0 Å². The van der Waals surface area contributed by atoms with Gasteiger partial charge in [-0.2, -0.15) is 0 Å². The first-order valence-corrected chi connectivity index (χ1v) is 4.20. The molecular formula is C7H8N4S. The van der Waals surface area contributed by atoms with Gasteiger partial charge in [-0.1, -0.05) is 19.1 Å². The molecule has 0 aromatic heterocycles. The van der Waals surface area contributed by atoms with Gasteiger partial charge in [0.1, 0.15) is 23.0 Å². The summed E-state index contributed by atoms with van der Waals surface area (Å²) in [6, 6.07) is -0.129. The second kappa shape index (κ2) is 2.75. The summed E-state index contributed by atoms with van der Waals surface area (Å²) in [5.74, 6) is 1.69. The zero-order valence-electron chi connectivity index (χ0n) is 6.61. The van der Waals surface area contributed by atoms with Gasteiger partial charge in [-0.3, -0.25) is 4.99 Å². The van der Waals surface area contributed by atoms with Crippen molar-refractivity contribution in [3.63, 3.8) is 0 Å². The lowest BCUT2D eigenvalue weighted by atomic mass is 10.2. The lowest BCUT2D eigenvalue weighted by Crippen LogP contribution is -2.44. The van der Waals surface area contributed by atoms with Crippen LogP contribution in [0, 0.1) is 0 Å². The Kier molecular flexibility index (Phi) is 1.73. The summed E-state index contributed by atoms with van der Waals surface area (Å²) in [5.41, 5.74) is 0. The fourth-order valence-corrected chi connectivity index (χ4v) is 1.40. The SMILES string of the molecule is CCC1=NC(=S)C2N=CN=C2N1. The van der Waals surface area contributed by atoms with E-state index in [0.717, 1.165) is 18.1 Å². The van der Waals surface area contributed by atoms with E-state index in [-0.39, 0.29) is 6.04 Å². The first kappa shape index (κ1) is 7.54. The lowest BCUT2D eigenvalue weighted by Gasteiger charge is -2.18. The van der Waals surface area contributed by atoms with Crippen LogP contribution in [0.4, 0.5) is 0 Å². The van der Waals surface area contributed by atoms with Crippen LogP contribution in [0.2, 0.25) is 0 Å². The molecule has 0 aromatic rings. The summed E-state index contributed by atoms with van der Waals surface area (Å²) in [7, 11) is 0. The number of thiocarbonyl (C=S) groups is 1. The third-order valence-electron chi connectivity index (χ3n) is 1.76. The lowest BCUT2D eigenvalue weighted by molar-refractivity contribution is 1.05. The molecule has 1 atom stereocenters. The molecule has 5 heteroatoms. The Morgan fingerprint density at radius 1 is 1.67 bits per heavy atom. The Labute approximate surface area is 75.5 Å². The normalized spacial score (nSPS) is 26.1. The third kappa shape index (κ3) is 1.06. The average molecular weight is 180 g/mol. The van der Waals surface area contributed by atoms with Crippen molar-refractivity contribution < 1.29 is 0 Å². The molecule has 2 heterocycles. The summed E-state index contributed by atoms with van der Waals surface area (Å²) in [5, 5.41) is 3.08. The van der Waals surface area contributed by atoms with Gasteiger partial charge in [-0.15, -0.1) is 0 Å². The van der Waals surface area contributed by atoms with E-state index in [1.807, 2.05) is 6.92 Å². The second-order valence-corrected chi connectivity index (χ2v) is 2.97. The standard InChI is InChI=1S/C7H8N4S/c1-2-4-10-6-5(7(12)11-4)8-3-9-6/h3,5H,2H2,1H3,(H,8,9,10,11,12). The monoisotopic (exact) mass is 180 g/mol. The van der Waals surface area contributed by atoms with E-state index in [0.29, 0.717) is 4.99 Å². The quantitative estimate of drug-likeness (QED) is 0.598. The van der Waals surface area contributed by atoms with Crippen molar-refractivity contribution in [1.29, 1.82) is 0 Å². The maximum Gasteiger partial charge on any atom is 0.162 e. The number of rotatable bonds is 1. The Balaban J connectivity index is 2.31. The molecule has 0 fully saturated rings. The van der Waals surface area contributed by atoms with Crippen LogP contribution in [0.25, 0.3) is 0 Å². The number of fused-ring (bicyclic) bond motifs is 1. The number of hydrogen-bond acceptors (Lipinski definition) is 4. The van der Waals surface area contributed by atoms with Crippen molar-refractivity contribution in [2.24, 2.45) is 15.0 Å². The highest BCUT2D eigenvalue weighted by molar-refractivity contribution is 7.80. The van der Waals surface area contributed by atoms with Gasteiger partial charge in [-0.25, -0.2) is 9.98 Å². The molecule has 1 N–H and O–H groups in total. The summed E-state index contributed by atoms with van der Waals surface area (Å²) < 4.78 is 0. The summed E-state index contributed by atoms with van der Waals surface area (Å²) in [6.07, 6.45) is 2.36. The van der Waals surface area contributed by atoms with Crippen molar-refractivity contribution in [2.75, 3.05) is 0 Å². The molecule has 0 amide bonds. The van der Waals surface area contributed by atoms with E-state index < -0.39 is 0 Å². The molecule has 12 heavy (non-hydrogen) atoms. The number of amidine groups is 2. The Morgan fingerprint density at radius 2 is 2.50 bits per heavy atom. The molecule has 0 bridgehead atoms. The highest BCUT2D eigenvalue weighted by atomic mass is 32.1. The van der Waals surface area contributed by atoms with E-state index in [2.05, 4.69) is 20.3 Å². The predicted octanol–water partition coefficient (Wildman–Crippen LogP) is 0.534. The van der Waals surface area contributed by atoms with Gasteiger partial charge >= 0.3 is 0 Å². The fourth-order valence-electron chi connectivity index (χ4n) is 1.12. The van der Waals surface area contributed by atoms with E-state index in [1.54, 1.807) is 0 Å². The minimum absolute atomic E-state index is 0.129. The van der Waals surface area contributed by atoms with Crippen LogP contribution in [0.3, 0.4) is 0 Å². The minimum Gasteiger partial charge on any atom is -0.330 e. The van der Waals surface area contributed by atoms with E-state index in [4.69, 9.17) is 12.2 Å². The number of aliphatic imine (C=N–C) groups is 3. The van der Waals surface area contributed by atoms with E-state index in [1.165, 1.54) is 6.34 Å². The summed E-state index contributed by atoms with van der Waals surface area (Å²) in [6.45, 7) is 2.02. The smallest absolute Gasteiger partial charge is 0.162 e. The van der Waals surface area contributed by atoms with Gasteiger partial charge in [0.2, 0.25) is 0 Å². The molecule has 0 spiro atoms. The first-order valence-electron chi connectivity index (χ1n) is 3.79. The zero-order chi connectivity index (χ0) is 8.55. The first-order chi connectivity index (χ1) is 5.81. The highest BCUT2D eigenvalue weighted by Gasteiger charge is 2.27. The van der Waals surface area contributed by atoms with Gasteiger partial charge < -0.3 is 5.32 Å². The van der Waals surface area contributed by atoms with Gasteiger partial charge in [0.15, 0.2) is 6.04 Å². The second-order valence-electron chi connectivity index (χ2n) is 2.56. The van der Waals surface area contributed by atoms with Crippen LogP contribution >= 0.6 is 12.2 Å². The van der Waals surface area contributed by atoms with Crippen LogP contribution in [0.1, 0.15) is 13.3 Å². The summed E-state index contributed by atoms with van der Waals surface area (Å²) in [4.78, 5) is 12.9. The average Bonchev–Trinajstić information content (AvgIpc) is 2.52. The Morgan fingerprint density at radius 3 is 3.25 bits per heavy atom. The van der Waals surface area contributed by atoms with Crippen molar-refractivity contribution in [1.82, 2.24) is 5.32 Å². The number of nitrogens with one attached hydrogen (secondary N) is 1. The van der Waals surface area contributed by atoms with Crippen LogP contribution in [0.5, 0.6) is 0 Å². The fraction of sp³-hybridized carbons (Fsp3) is 0.429. The van der Waals surface area contributed by atoms with E-state index >= 15 is 0 Å². The molecule has 2 aliphatic heterocycles.